The molecule has 3 fully saturated rings. The van der Waals surface area contributed by atoms with Gasteiger partial charge in [0.1, 0.15) is 0 Å². The molecule has 7 aromatic carbocycles. The van der Waals surface area contributed by atoms with E-state index < -0.39 is 160 Å². The molecule has 0 aromatic heterocycles. The van der Waals surface area contributed by atoms with Crippen LogP contribution in [0.1, 0.15) is 165 Å². The molecule has 0 bridgehead atoms. The highest BCUT2D eigenvalue weighted by molar-refractivity contribution is 6.07. The molecule has 0 spiro atoms. The van der Waals surface area contributed by atoms with Crippen molar-refractivity contribution in [2.75, 3.05) is 70.7 Å². The van der Waals surface area contributed by atoms with Gasteiger partial charge in [-0.25, -0.2) is 0 Å². The number of anilines is 2. The monoisotopic (exact) mass is 1580 g/mol. The molecule has 3 heterocycles. The first kappa shape index (κ1) is 86.8. The van der Waals surface area contributed by atoms with Crippen LogP contribution in [0.4, 0.5) is 11.4 Å². The Bertz CT molecular complexity index is 4570. The predicted molar refractivity (Wildman–Crippen MR) is 442 cm³/mol. The summed E-state index contributed by atoms with van der Waals surface area (Å²) in [5.74, 6) is -28.3. The Labute approximate surface area is 679 Å². The lowest BCUT2D eigenvalue weighted by atomic mass is 9.64. The van der Waals surface area contributed by atoms with Crippen LogP contribution in [-0.2, 0) is 52.7 Å². The Morgan fingerprint density at radius 1 is 0.440 bits per heavy atom. The minimum absolute atomic E-state index is 0.00871. The number of hydrogen-bond donors (Lipinski definition) is 6. The van der Waals surface area contributed by atoms with E-state index in [0.717, 1.165) is 16.3 Å². The molecular formula is C93H110N8O15. The van der Waals surface area contributed by atoms with Crippen molar-refractivity contribution >= 4 is 82.5 Å². The molecule has 7 aromatic rings. The van der Waals surface area contributed by atoms with E-state index in [2.05, 4.69) is 21.3 Å². The molecule has 3 saturated heterocycles. The number of nitrogens with one attached hydrogen (secondary N) is 4. The SMILES string of the molecule is CCC(c1ccccc1)C(C(=O)NCCCNC(=O)c1ccc(N(C)C)cc1)C(CC(c1ccccc1)C1C(=O)N(CCCNC(=O)c2ccc(N(C)C)cc2)C(=O)C1CC(c1ccccc1)C1C(=O)N(CC(C)C)C(=O)C1CC(c1ccccc1)C(C(=O)NC(C)C)C(CC(c1ccccc1)C1C(=O)OC(=O)C1C)C(=O)O)C(=O)O. The summed E-state index contributed by atoms with van der Waals surface area (Å²) in [4.78, 5) is 186. The van der Waals surface area contributed by atoms with Crippen LogP contribution >= 0.6 is 0 Å². The molecule has 10 rings (SSSR count). The van der Waals surface area contributed by atoms with Gasteiger partial charge in [0.05, 0.1) is 59.2 Å². The maximum Gasteiger partial charge on any atom is 0.318 e. The van der Waals surface area contributed by atoms with Gasteiger partial charge in [-0.3, -0.25) is 67.3 Å². The molecule has 3 aliphatic heterocycles. The number of benzene rings is 7. The van der Waals surface area contributed by atoms with Gasteiger partial charge < -0.3 is 46.0 Å². The number of ether oxygens (including phenoxy) is 1. The van der Waals surface area contributed by atoms with Crippen LogP contribution in [0.3, 0.4) is 0 Å². The number of rotatable bonds is 40. The standard InChI is InChI=1S/C93H110N8O15/c1-11-68(59-29-17-12-18-30-59)78(84(104)96-48-27-47-94-82(102)64-39-43-66(44-40-64)98(7)8)75(90(110)111)54-72(63-37-25-16-26-38-63)80-73(86(106)100(88(80)108)50-28-49-95-83(103)65-41-45-67(46-42-65)99(9)10)52-71(62-35-23-15-24-36-62)81-74(87(107)101(89(81)109)55-56(2)3)51-70(61-33-21-14-22-34-61)79(85(105)97-57(4)5)76(91(112)113)53-69(60-31-19-13-20-32-60)77-58(6)92(114)116-93(77)115/h12-26,29-46,56-58,68-81H,11,27-28,47-55H2,1-10H3,(H,94,102)(H,95,103)(H,96,104)(H,97,105)(H,110,111)(H,112,113). The van der Waals surface area contributed by atoms with Crippen LogP contribution in [0.15, 0.2) is 200 Å². The van der Waals surface area contributed by atoms with E-state index in [1.54, 1.807) is 178 Å². The van der Waals surface area contributed by atoms with Gasteiger partial charge in [-0.1, -0.05) is 179 Å². The van der Waals surface area contributed by atoms with Crippen LogP contribution in [0.25, 0.3) is 0 Å². The summed E-state index contributed by atoms with van der Waals surface area (Å²) in [6.07, 6.45) is -0.762. The second kappa shape index (κ2) is 40.1. The van der Waals surface area contributed by atoms with E-state index in [0.29, 0.717) is 45.4 Å². The number of nitrogens with zero attached hydrogens (tertiary/aromatic N) is 4. The van der Waals surface area contributed by atoms with Crippen molar-refractivity contribution in [3.8, 4) is 0 Å². The third-order valence-corrected chi connectivity index (χ3v) is 23.5. The molecule has 23 nitrogen and oxygen atoms in total. The second-order valence-electron chi connectivity index (χ2n) is 32.3. The Balaban J connectivity index is 1.09. The van der Waals surface area contributed by atoms with E-state index in [1.807, 2.05) is 101 Å². The van der Waals surface area contributed by atoms with Crippen LogP contribution in [0.5, 0.6) is 0 Å². The van der Waals surface area contributed by atoms with Gasteiger partial charge in [0.15, 0.2) is 0 Å². The minimum atomic E-state index is -1.65. The fourth-order valence-electron chi connectivity index (χ4n) is 17.7. The highest BCUT2D eigenvalue weighted by atomic mass is 16.6. The quantitative estimate of drug-likeness (QED) is 0.00900. The molecule has 0 radical (unpaired) electrons. The average molecular weight is 1580 g/mol. The number of imide groups is 2. The summed E-state index contributed by atoms with van der Waals surface area (Å²) in [7, 11) is 7.55. The van der Waals surface area contributed by atoms with Gasteiger partial charge in [0.25, 0.3) is 11.8 Å². The molecule has 3 aliphatic rings. The third kappa shape index (κ3) is 20.7. The summed E-state index contributed by atoms with van der Waals surface area (Å²) >= 11 is 0. The van der Waals surface area contributed by atoms with E-state index >= 15 is 28.8 Å². The highest BCUT2D eigenvalue weighted by Crippen LogP contribution is 2.54. The second-order valence-corrected chi connectivity index (χ2v) is 32.3. The fraction of sp³-hybridized carbons (Fsp3) is 0.419. The van der Waals surface area contributed by atoms with E-state index in [9.17, 15) is 39.0 Å². The van der Waals surface area contributed by atoms with Crippen LogP contribution < -0.4 is 31.1 Å². The third-order valence-electron chi connectivity index (χ3n) is 23.5. The molecule has 6 N–H and O–H groups in total. The largest absolute Gasteiger partial charge is 0.481 e. The smallest absolute Gasteiger partial charge is 0.318 e. The number of hydrogen-bond acceptors (Lipinski definition) is 15. The Morgan fingerprint density at radius 3 is 1.25 bits per heavy atom. The number of carbonyl (C=O) groups is 12. The molecule has 23 heteroatoms. The number of likely N-dealkylation sites (tertiary alicyclic amines) is 2. The number of carboxylic acids is 2. The number of carbonyl (C=O) groups excluding carboxylic acids is 10. The molecule has 612 valence electrons. The summed E-state index contributed by atoms with van der Waals surface area (Å²) in [5.41, 5.74) is 5.20. The van der Waals surface area contributed by atoms with Crippen molar-refractivity contribution in [3.05, 3.63) is 239 Å². The zero-order valence-electron chi connectivity index (χ0n) is 67.8. The van der Waals surface area contributed by atoms with Crippen molar-refractivity contribution in [2.24, 2.45) is 65.1 Å². The maximum absolute atomic E-state index is 16.5. The zero-order chi connectivity index (χ0) is 83.6. The van der Waals surface area contributed by atoms with E-state index in [4.69, 9.17) is 4.74 Å². The fourth-order valence-corrected chi connectivity index (χ4v) is 17.7. The van der Waals surface area contributed by atoms with Gasteiger partial charge in [0, 0.05) is 89.5 Å². The van der Waals surface area contributed by atoms with E-state index in [-0.39, 0.29) is 83.1 Å². The first-order valence-corrected chi connectivity index (χ1v) is 40.5. The number of carboxylic acid groups (broad SMARTS) is 2. The highest BCUT2D eigenvalue weighted by Gasteiger charge is 2.59. The van der Waals surface area contributed by atoms with Crippen LogP contribution in [0, 0.1) is 65.1 Å². The first-order chi connectivity index (χ1) is 55.6. The van der Waals surface area contributed by atoms with Crippen molar-refractivity contribution in [2.45, 2.75) is 122 Å². The van der Waals surface area contributed by atoms with E-state index in [1.165, 1.54) is 4.90 Å². The molecule has 15 unspecified atom stereocenters. The topological polar surface area (TPSA) is 316 Å². The van der Waals surface area contributed by atoms with Gasteiger partial charge in [0.2, 0.25) is 35.4 Å². The summed E-state index contributed by atoms with van der Waals surface area (Å²) in [6, 6.07) is 57.5. The number of aliphatic carboxylic acids is 2. The summed E-state index contributed by atoms with van der Waals surface area (Å²) < 4.78 is 5.21. The van der Waals surface area contributed by atoms with Gasteiger partial charge in [-0.05, 0) is 171 Å². The van der Waals surface area contributed by atoms with Crippen molar-refractivity contribution < 1.29 is 72.5 Å². The minimum Gasteiger partial charge on any atom is -0.481 e. The molecule has 0 aliphatic carbocycles. The van der Waals surface area contributed by atoms with Gasteiger partial charge in [-0.2, -0.15) is 0 Å². The molecule has 15 atom stereocenters. The number of esters is 2. The Kier molecular flexibility index (Phi) is 30.0. The molecule has 116 heavy (non-hydrogen) atoms. The lowest BCUT2D eigenvalue weighted by molar-refractivity contribution is -0.155. The summed E-state index contributed by atoms with van der Waals surface area (Å²) in [5, 5.41) is 35.8. The van der Waals surface area contributed by atoms with Crippen LogP contribution in [0.2, 0.25) is 0 Å². The number of amides is 8. The molecule has 0 saturated carbocycles. The zero-order valence-corrected chi connectivity index (χ0v) is 67.8. The summed E-state index contributed by atoms with van der Waals surface area (Å²) in [6.45, 7) is 10.5. The average Bonchev–Trinajstić information content (AvgIpc) is 1.58. The number of cyclic esters (lactones) is 2. The Morgan fingerprint density at radius 2 is 0.828 bits per heavy atom. The van der Waals surface area contributed by atoms with Gasteiger partial charge in [-0.15, -0.1) is 0 Å². The predicted octanol–water partition coefficient (Wildman–Crippen LogP) is 12.1. The molecule has 8 amide bonds. The lowest BCUT2D eigenvalue weighted by Gasteiger charge is -2.37. The first-order valence-electron chi connectivity index (χ1n) is 40.5. The van der Waals surface area contributed by atoms with Crippen molar-refractivity contribution in [1.29, 1.82) is 0 Å². The van der Waals surface area contributed by atoms with Gasteiger partial charge >= 0.3 is 23.9 Å². The Hall–Kier alpha value is -11.6. The van der Waals surface area contributed by atoms with Crippen LogP contribution in [-0.4, -0.2) is 158 Å². The normalized spacial score (nSPS) is 19.8. The maximum atomic E-state index is 16.5. The lowest BCUT2D eigenvalue weighted by Crippen LogP contribution is -2.45. The molecular weight excluding hydrogens is 1470 g/mol. The van der Waals surface area contributed by atoms with Crippen molar-refractivity contribution in [3.63, 3.8) is 0 Å². The van der Waals surface area contributed by atoms with Crippen molar-refractivity contribution in [1.82, 2.24) is 31.1 Å².